The van der Waals surface area contributed by atoms with Gasteiger partial charge < -0.3 is 29.3 Å². The minimum absolute atomic E-state index is 0.0459. The number of likely N-dealkylation sites (N-methyl/N-ethyl adjacent to an activating group) is 1. The van der Waals surface area contributed by atoms with E-state index < -0.39 is 16.1 Å². The van der Waals surface area contributed by atoms with Gasteiger partial charge in [-0.1, -0.05) is 6.92 Å². The molecule has 0 fully saturated rings. The van der Waals surface area contributed by atoms with Crippen molar-refractivity contribution in [1.82, 2.24) is 14.7 Å². The molecule has 12 heteroatoms. The van der Waals surface area contributed by atoms with E-state index in [1.54, 1.807) is 35.9 Å². The molecule has 0 unspecified atom stereocenters. The summed E-state index contributed by atoms with van der Waals surface area (Å²) in [5.41, 5.74) is 0.456. The number of hydrogen-bond acceptors (Lipinski definition) is 8. The van der Waals surface area contributed by atoms with Crippen molar-refractivity contribution in [3.8, 4) is 5.75 Å². The van der Waals surface area contributed by atoms with E-state index in [2.05, 4.69) is 4.72 Å². The van der Waals surface area contributed by atoms with E-state index in [0.29, 0.717) is 25.3 Å². The Balaban J connectivity index is 2.39. The number of sulfonamides is 1. The minimum Gasteiger partial charge on any atom is -0.490 e. The molecule has 0 spiro atoms. The van der Waals surface area contributed by atoms with Crippen molar-refractivity contribution in [2.45, 2.75) is 71.1 Å². The number of ether oxygens (including phenoxy) is 2. The van der Waals surface area contributed by atoms with Gasteiger partial charge in [-0.3, -0.25) is 14.3 Å². The average Bonchev–Trinajstić information content (AvgIpc) is 2.89. The van der Waals surface area contributed by atoms with Crippen LogP contribution >= 0.6 is 0 Å². The van der Waals surface area contributed by atoms with Crippen molar-refractivity contribution in [1.29, 1.82) is 0 Å². The van der Waals surface area contributed by atoms with E-state index in [1.165, 1.54) is 6.07 Å². The maximum atomic E-state index is 14.0. The molecule has 0 aromatic heterocycles. The quantitative estimate of drug-likeness (QED) is 0.421. The number of rotatable bonds is 10. The van der Waals surface area contributed by atoms with E-state index in [-0.39, 0.29) is 54.3 Å². The fourth-order valence-corrected chi connectivity index (χ4v) is 5.33. The topological polar surface area (TPSA) is 129 Å². The van der Waals surface area contributed by atoms with Crippen LogP contribution in [0.15, 0.2) is 18.2 Å². The molecule has 0 saturated carbocycles. The summed E-state index contributed by atoms with van der Waals surface area (Å²) in [7, 11) is 2.17. The third-order valence-corrected chi connectivity index (χ3v) is 7.84. The molecule has 2 rings (SSSR count). The lowest BCUT2D eigenvalue weighted by Crippen LogP contribution is -2.48. The summed E-state index contributed by atoms with van der Waals surface area (Å²) in [5.74, 6) is -0.156. The summed E-state index contributed by atoms with van der Waals surface area (Å²) in [4.78, 5) is 32.2. The van der Waals surface area contributed by atoms with Gasteiger partial charge in [0.15, 0.2) is 0 Å². The van der Waals surface area contributed by atoms with Crippen molar-refractivity contribution in [2.75, 3.05) is 65.0 Å². The normalized spacial score (nSPS) is 21.9. The Labute approximate surface area is 246 Å². The summed E-state index contributed by atoms with van der Waals surface area (Å²) in [6.07, 6.45) is 4.15. The second-order valence-corrected chi connectivity index (χ2v) is 13.3. The lowest BCUT2D eigenvalue weighted by molar-refractivity contribution is -0.132. The van der Waals surface area contributed by atoms with Gasteiger partial charge in [0.2, 0.25) is 15.9 Å². The number of amides is 2. The van der Waals surface area contributed by atoms with Crippen molar-refractivity contribution in [3.63, 3.8) is 0 Å². The van der Waals surface area contributed by atoms with E-state index in [9.17, 15) is 23.1 Å². The van der Waals surface area contributed by atoms with Gasteiger partial charge in [0.1, 0.15) is 5.75 Å². The largest absolute Gasteiger partial charge is 0.490 e. The first-order chi connectivity index (χ1) is 19.2. The maximum Gasteiger partial charge on any atom is 0.258 e. The summed E-state index contributed by atoms with van der Waals surface area (Å²) in [6.45, 7) is 7.39. The molecule has 0 aliphatic carbocycles. The molecule has 1 aromatic rings. The fraction of sp³-hybridized carbons (Fsp3) is 0.724. The number of benzene rings is 1. The van der Waals surface area contributed by atoms with Gasteiger partial charge in [0.05, 0.1) is 36.7 Å². The Kier molecular flexibility index (Phi) is 13.8. The molecule has 0 radical (unpaired) electrons. The van der Waals surface area contributed by atoms with Crippen LogP contribution in [-0.4, -0.2) is 119 Å². The van der Waals surface area contributed by atoms with Crippen molar-refractivity contribution in [2.24, 2.45) is 5.92 Å². The van der Waals surface area contributed by atoms with Gasteiger partial charge >= 0.3 is 0 Å². The molecule has 11 nitrogen and oxygen atoms in total. The second kappa shape index (κ2) is 16.3. The molecule has 0 saturated heterocycles. The molecular weight excluding hydrogens is 548 g/mol. The van der Waals surface area contributed by atoms with Crippen LogP contribution in [-0.2, 0) is 19.6 Å². The van der Waals surface area contributed by atoms with E-state index in [4.69, 9.17) is 9.47 Å². The molecule has 1 aliphatic heterocycles. The zero-order valence-corrected chi connectivity index (χ0v) is 26.6. The molecule has 2 N–H and O–H groups in total. The molecular formula is C29H50N4O7S. The molecule has 0 bridgehead atoms. The van der Waals surface area contributed by atoms with Gasteiger partial charge in [0.25, 0.3) is 5.91 Å². The Hall–Kier alpha value is -2.41. The van der Waals surface area contributed by atoms with Crippen LogP contribution < -0.4 is 9.46 Å². The third-order valence-electron chi connectivity index (χ3n) is 7.23. The minimum atomic E-state index is -3.57. The van der Waals surface area contributed by atoms with E-state index in [1.807, 2.05) is 32.8 Å². The Morgan fingerprint density at radius 2 is 1.93 bits per heavy atom. The van der Waals surface area contributed by atoms with Crippen LogP contribution in [0.5, 0.6) is 5.75 Å². The van der Waals surface area contributed by atoms with Gasteiger partial charge in [-0.05, 0) is 78.4 Å². The molecule has 1 heterocycles. The third kappa shape index (κ3) is 11.8. The number of nitrogens with one attached hydrogen (secondary N) is 1. The Morgan fingerprint density at radius 1 is 1.22 bits per heavy atom. The SMILES string of the molecule is C[C@@H]1CCCCO[C@@H](CN(C)C(=O)CCCN(C)C)[C@@H](C)CN([C@H](C)CO)C(=O)c2cc(NS(C)(=O)=O)ccc2O1. The molecule has 234 valence electrons. The number of hydrogen-bond donors (Lipinski definition) is 2. The van der Waals surface area contributed by atoms with Crippen molar-refractivity contribution in [3.05, 3.63) is 23.8 Å². The van der Waals surface area contributed by atoms with Gasteiger partial charge in [-0.15, -0.1) is 0 Å². The average molecular weight is 599 g/mol. The second-order valence-electron chi connectivity index (χ2n) is 11.6. The zero-order chi connectivity index (χ0) is 30.7. The highest BCUT2D eigenvalue weighted by Gasteiger charge is 2.31. The van der Waals surface area contributed by atoms with Crippen LogP contribution in [0.3, 0.4) is 0 Å². The molecule has 4 atom stereocenters. The molecule has 41 heavy (non-hydrogen) atoms. The summed E-state index contributed by atoms with van der Waals surface area (Å²) in [6, 6.07) is 4.13. The van der Waals surface area contributed by atoms with Crippen molar-refractivity contribution >= 4 is 27.5 Å². The summed E-state index contributed by atoms with van der Waals surface area (Å²) in [5, 5.41) is 10.1. The van der Waals surface area contributed by atoms with Gasteiger partial charge in [-0.2, -0.15) is 0 Å². The number of aliphatic hydroxyl groups excluding tert-OH is 1. The lowest BCUT2D eigenvalue weighted by Gasteiger charge is -2.36. The van der Waals surface area contributed by atoms with Crippen LogP contribution in [0.4, 0.5) is 5.69 Å². The molecule has 1 aliphatic rings. The Morgan fingerprint density at radius 3 is 2.56 bits per heavy atom. The summed E-state index contributed by atoms with van der Waals surface area (Å²) < 4.78 is 38.7. The standard InChI is InChI=1S/C29H50N4O7S/c1-21-18-33(22(2)20-34)29(36)25-17-24(30-41(7,37)38)13-14-26(25)40-23(3)11-8-9-16-39-27(21)19-32(6)28(35)12-10-15-31(4)5/h13-14,17,21-23,27,30,34H,8-12,15-16,18-20H2,1-7H3/t21-,22+,23+,27-/m0/s1. The van der Waals surface area contributed by atoms with Gasteiger partial charge in [-0.25, -0.2) is 8.42 Å². The predicted octanol–water partition coefficient (Wildman–Crippen LogP) is 2.65. The van der Waals surface area contributed by atoms with Crippen LogP contribution in [0, 0.1) is 5.92 Å². The van der Waals surface area contributed by atoms with E-state index in [0.717, 1.165) is 38.5 Å². The molecule has 1 aromatic carbocycles. The highest BCUT2D eigenvalue weighted by molar-refractivity contribution is 7.92. The van der Waals surface area contributed by atoms with Crippen LogP contribution in [0.25, 0.3) is 0 Å². The zero-order valence-electron chi connectivity index (χ0n) is 25.8. The monoisotopic (exact) mass is 598 g/mol. The highest BCUT2D eigenvalue weighted by atomic mass is 32.2. The number of carbonyl (C=O) groups excluding carboxylic acids is 2. The van der Waals surface area contributed by atoms with Crippen molar-refractivity contribution < 1.29 is 32.6 Å². The van der Waals surface area contributed by atoms with Crippen LogP contribution in [0.1, 0.15) is 63.2 Å². The number of fused-ring (bicyclic) bond motifs is 1. The highest BCUT2D eigenvalue weighted by Crippen LogP contribution is 2.28. The fourth-order valence-electron chi connectivity index (χ4n) is 4.77. The Bertz CT molecular complexity index is 1100. The predicted molar refractivity (Wildman–Crippen MR) is 161 cm³/mol. The first kappa shape index (κ1) is 34.8. The smallest absolute Gasteiger partial charge is 0.258 e. The lowest BCUT2D eigenvalue weighted by atomic mass is 10.0. The number of nitrogens with zero attached hydrogens (tertiary/aromatic N) is 3. The first-order valence-electron chi connectivity index (χ1n) is 14.4. The molecule has 2 amide bonds. The first-order valence-corrected chi connectivity index (χ1v) is 16.3. The number of anilines is 1. The van der Waals surface area contributed by atoms with Gasteiger partial charge in [0, 0.05) is 44.8 Å². The van der Waals surface area contributed by atoms with E-state index >= 15 is 0 Å². The maximum absolute atomic E-state index is 14.0. The van der Waals surface area contributed by atoms with Crippen LogP contribution in [0.2, 0.25) is 0 Å². The number of carbonyl (C=O) groups is 2. The summed E-state index contributed by atoms with van der Waals surface area (Å²) >= 11 is 0. The number of aliphatic hydroxyl groups is 1.